The van der Waals surface area contributed by atoms with E-state index < -0.39 is 35.9 Å². The quantitative estimate of drug-likeness (QED) is 0.0999. The maximum absolute atomic E-state index is 14.1. The molecule has 0 heterocycles. The number of carbonyl (C=O) groups excluding carboxylic acids is 3. The number of guanidine groups is 1. The van der Waals surface area contributed by atoms with Crippen LogP contribution in [-0.4, -0.2) is 48.4 Å². The molecule has 0 aliphatic carbocycles. The first-order chi connectivity index (χ1) is 13.5. The van der Waals surface area contributed by atoms with Crippen LogP contribution in [0.4, 0.5) is 8.78 Å². The fraction of sp³-hybridized carbons (Fsp3) is 0.412. The Morgan fingerprint density at radius 1 is 1.14 bits per heavy atom. The first-order valence-corrected chi connectivity index (χ1v) is 8.70. The summed E-state index contributed by atoms with van der Waals surface area (Å²) < 4.78 is 28.2. The van der Waals surface area contributed by atoms with Crippen LogP contribution in [0.2, 0.25) is 0 Å². The lowest BCUT2D eigenvalue weighted by Crippen LogP contribution is -2.59. The molecular formula is C17H25F2N7O3. The molecule has 0 spiro atoms. The number of halogens is 2. The molecule has 0 aliphatic rings. The fourth-order valence-electron chi connectivity index (χ4n) is 2.30. The van der Waals surface area contributed by atoms with Crippen molar-refractivity contribution in [1.82, 2.24) is 16.0 Å². The van der Waals surface area contributed by atoms with Crippen molar-refractivity contribution in [3.63, 3.8) is 0 Å². The van der Waals surface area contributed by atoms with Gasteiger partial charge in [0, 0.05) is 13.0 Å². The number of nitrogens with one attached hydrogen (secondary N) is 4. The maximum Gasteiger partial charge on any atom is 0.404 e. The molecule has 10 N–H and O–H groups in total. The zero-order valence-corrected chi connectivity index (χ0v) is 15.6. The number of nitrogens with two attached hydrogens (primary N) is 3. The molecule has 1 aromatic rings. The van der Waals surface area contributed by atoms with Gasteiger partial charge in [-0.05, 0) is 18.4 Å². The lowest BCUT2D eigenvalue weighted by molar-refractivity contribution is -0.157. The van der Waals surface area contributed by atoms with Crippen molar-refractivity contribution in [2.24, 2.45) is 17.2 Å². The van der Waals surface area contributed by atoms with E-state index in [2.05, 4.69) is 5.32 Å². The van der Waals surface area contributed by atoms with Gasteiger partial charge in [-0.1, -0.05) is 30.3 Å². The summed E-state index contributed by atoms with van der Waals surface area (Å²) in [5, 5.41) is 12.6. The van der Waals surface area contributed by atoms with Gasteiger partial charge in [0.25, 0.3) is 0 Å². The van der Waals surface area contributed by atoms with E-state index in [9.17, 15) is 23.2 Å². The number of carbonyl (C=O) groups is 3. The SMILES string of the molecule is N=C(N)NCCCC(N)C(=O)NC(F)(F)C(=O)NC(Cc1ccccc1)C(N)=O. The van der Waals surface area contributed by atoms with Crippen LogP contribution in [0.3, 0.4) is 0 Å². The summed E-state index contributed by atoms with van der Waals surface area (Å²) in [5.74, 6) is -4.40. The van der Waals surface area contributed by atoms with Gasteiger partial charge in [0.1, 0.15) is 6.04 Å². The lowest BCUT2D eigenvalue weighted by Gasteiger charge is -2.22. The van der Waals surface area contributed by atoms with E-state index in [-0.39, 0.29) is 31.8 Å². The molecule has 1 aromatic carbocycles. The second-order valence-electron chi connectivity index (χ2n) is 6.27. The number of hydrogen-bond acceptors (Lipinski definition) is 5. The van der Waals surface area contributed by atoms with Gasteiger partial charge in [-0.25, -0.2) is 0 Å². The summed E-state index contributed by atoms with van der Waals surface area (Å²) in [5.41, 5.74) is 16.4. The Hall–Kier alpha value is -3.28. The molecule has 3 amide bonds. The van der Waals surface area contributed by atoms with E-state index in [0.717, 1.165) is 0 Å². The van der Waals surface area contributed by atoms with Crippen LogP contribution >= 0.6 is 0 Å². The fourth-order valence-corrected chi connectivity index (χ4v) is 2.30. The van der Waals surface area contributed by atoms with Crippen molar-refractivity contribution in [3.05, 3.63) is 35.9 Å². The van der Waals surface area contributed by atoms with Gasteiger partial charge in [0.05, 0.1) is 6.04 Å². The van der Waals surface area contributed by atoms with Crippen LogP contribution in [0.1, 0.15) is 18.4 Å². The second-order valence-corrected chi connectivity index (χ2v) is 6.27. The summed E-state index contributed by atoms with van der Waals surface area (Å²) in [4.78, 5) is 35.2. The Labute approximate surface area is 166 Å². The third kappa shape index (κ3) is 8.51. The Balaban J connectivity index is 2.62. The van der Waals surface area contributed by atoms with Crippen LogP contribution in [0, 0.1) is 5.41 Å². The Bertz CT molecular complexity index is 731. The number of amides is 3. The van der Waals surface area contributed by atoms with Crippen molar-refractivity contribution in [3.8, 4) is 0 Å². The average Bonchev–Trinajstić information content (AvgIpc) is 2.64. The van der Waals surface area contributed by atoms with Crippen LogP contribution in [0.5, 0.6) is 0 Å². The summed E-state index contributed by atoms with van der Waals surface area (Å²) in [6.45, 7) is 0.229. The molecule has 0 saturated heterocycles. The molecular weight excluding hydrogens is 388 g/mol. The smallest absolute Gasteiger partial charge is 0.370 e. The summed E-state index contributed by atoms with van der Waals surface area (Å²) >= 11 is 0. The maximum atomic E-state index is 14.1. The Morgan fingerprint density at radius 3 is 2.31 bits per heavy atom. The van der Waals surface area contributed by atoms with Crippen LogP contribution in [0.25, 0.3) is 0 Å². The number of hydrogen-bond donors (Lipinski definition) is 7. The van der Waals surface area contributed by atoms with Crippen LogP contribution in [0.15, 0.2) is 30.3 Å². The molecule has 10 nitrogen and oxygen atoms in total. The van der Waals surface area contributed by atoms with Crippen LogP contribution in [-0.2, 0) is 20.8 Å². The van der Waals surface area contributed by atoms with Gasteiger partial charge < -0.3 is 27.8 Å². The van der Waals surface area contributed by atoms with Crippen molar-refractivity contribution < 1.29 is 23.2 Å². The Kier molecular flexibility index (Phi) is 8.93. The highest BCUT2D eigenvalue weighted by Crippen LogP contribution is 2.12. The predicted octanol–water partition coefficient (Wildman–Crippen LogP) is -1.50. The van der Waals surface area contributed by atoms with Crippen molar-refractivity contribution in [2.45, 2.75) is 37.4 Å². The van der Waals surface area contributed by atoms with Crippen molar-refractivity contribution in [2.75, 3.05) is 6.54 Å². The largest absolute Gasteiger partial charge is 0.404 e. The van der Waals surface area contributed by atoms with E-state index >= 15 is 0 Å². The highest BCUT2D eigenvalue weighted by Gasteiger charge is 2.42. The van der Waals surface area contributed by atoms with E-state index in [1.807, 2.05) is 5.32 Å². The number of primary amides is 1. The van der Waals surface area contributed by atoms with Crippen LogP contribution < -0.4 is 33.2 Å². The van der Waals surface area contributed by atoms with Gasteiger partial charge in [0.2, 0.25) is 11.8 Å². The molecule has 2 atom stereocenters. The van der Waals surface area contributed by atoms with Gasteiger partial charge >= 0.3 is 12.0 Å². The molecule has 1 rings (SSSR count). The van der Waals surface area contributed by atoms with E-state index in [1.165, 1.54) is 5.32 Å². The Morgan fingerprint density at radius 2 is 1.76 bits per heavy atom. The number of rotatable bonds is 11. The molecule has 0 fully saturated rings. The average molecular weight is 413 g/mol. The third-order valence-corrected chi connectivity index (χ3v) is 3.84. The van der Waals surface area contributed by atoms with Gasteiger partial charge in [-0.2, -0.15) is 8.78 Å². The minimum absolute atomic E-state index is 0.0156. The summed E-state index contributed by atoms with van der Waals surface area (Å²) in [7, 11) is 0. The first kappa shape index (κ1) is 23.8. The van der Waals surface area contributed by atoms with Crippen molar-refractivity contribution in [1.29, 1.82) is 5.41 Å². The van der Waals surface area contributed by atoms with Gasteiger partial charge in [-0.3, -0.25) is 25.1 Å². The highest BCUT2D eigenvalue weighted by atomic mass is 19.3. The molecule has 160 valence electrons. The minimum atomic E-state index is -4.29. The number of alkyl halides is 2. The highest BCUT2D eigenvalue weighted by molar-refractivity contribution is 5.93. The van der Waals surface area contributed by atoms with E-state index in [4.69, 9.17) is 22.6 Å². The summed E-state index contributed by atoms with van der Waals surface area (Å²) in [6, 6.07) is 1.37. The molecule has 0 bridgehead atoms. The monoisotopic (exact) mass is 413 g/mol. The van der Waals surface area contributed by atoms with E-state index in [1.54, 1.807) is 30.3 Å². The third-order valence-electron chi connectivity index (χ3n) is 3.84. The molecule has 12 heteroatoms. The standard InChI is InChI=1S/C17H25F2N7O3/c18-17(19,26-14(28)11(20)7-4-8-24-16(22)23)15(29)25-12(13(21)27)9-10-5-2-1-3-6-10/h1-3,5-6,11-12H,4,7-9,20H2,(H2,21,27)(H,25,29)(H,26,28)(H4,22,23,24). The van der Waals surface area contributed by atoms with Gasteiger partial charge in [-0.15, -0.1) is 0 Å². The molecule has 0 saturated carbocycles. The van der Waals surface area contributed by atoms with E-state index in [0.29, 0.717) is 5.56 Å². The van der Waals surface area contributed by atoms with Gasteiger partial charge in [0.15, 0.2) is 5.96 Å². The lowest BCUT2D eigenvalue weighted by atomic mass is 10.1. The normalized spacial score (nSPS) is 13.1. The number of benzene rings is 1. The topological polar surface area (TPSA) is 189 Å². The molecule has 0 radical (unpaired) electrons. The molecule has 0 aliphatic heterocycles. The van der Waals surface area contributed by atoms with Crippen molar-refractivity contribution >= 4 is 23.7 Å². The molecule has 29 heavy (non-hydrogen) atoms. The zero-order valence-electron chi connectivity index (χ0n) is 15.6. The first-order valence-electron chi connectivity index (χ1n) is 8.70. The minimum Gasteiger partial charge on any atom is -0.370 e. The molecule has 2 unspecified atom stereocenters. The predicted molar refractivity (Wildman–Crippen MR) is 101 cm³/mol. The molecule has 0 aromatic heterocycles. The second kappa shape index (κ2) is 10.9. The summed E-state index contributed by atoms with van der Waals surface area (Å²) in [6.07, 6.45) is 0.211. The zero-order chi connectivity index (χ0) is 22.0.